The fourth-order valence-corrected chi connectivity index (χ4v) is 3.22. The normalized spacial score (nSPS) is 15.6. The van der Waals surface area contributed by atoms with Gasteiger partial charge in [0.1, 0.15) is 0 Å². The lowest BCUT2D eigenvalue weighted by Gasteiger charge is -2.29. The predicted octanol–water partition coefficient (Wildman–Crippen LogP) is 3.03. The lowest BCUT2D eigenvalue weighted by Crippen LogP contribution is -2.32. The summed E-state index contributed by atoms with van der Waals surface area (Å²) in [4.78, 5) is 7.33. The number of benzene rings is 1. The van der Waals surface area contributed by atoms with Gasteiger partial charge in [-0.2, -0.15) is 0 Å². The van der Waals surface area contributed by atoms with Crippen molar-refractivity contribution >= 4 is 22.5 Å². The Hall–Kier alpha value is -1.16. The summed E-state index contributed by atoms with van der Waals surface area (Å²) in [7, 11) is 0. The monoisotopic (exact) mass is 289 g/mol. The SMILES string of the molecule is CCN1CCc2nc3c(C)c(Cl)ccc3c(CN)c2C1. The lowest BCUT2D eigenvalue weighted by molar-refractivity contribution is 0.265. The minimum Gasteiger partial charge on any atom is -0.326 e. The van der Waals surface area contributed by atoms with E-state index in [2.05, 4.69) is 17.9 Å². The molecule has 1 aliphatic rings. The molecule has 1 aliphatic heterocycles. The van der Waals surface area contributed by atoms with E-state index in [9.17, 15) is 0 Å². The standard InChI is InChI=1S/C16H20ClN3/c1-3-20-7-6-15-13(9-20)12(8-18)11-4-5-14(17)10(2)16(11)19-15/h4-5H,3,6-9,18H2,1-2H3. The van der Waals surface area contributed by atoms with Crippen LogP contribution in [-0.2, 0) is 19.5 Å². The van der Waals surface area contributed by atoms with Crippen molar-refractivity contribution in [3.8, 4) is 0 Å². The van der Waals surface area contributed by atoms with Crippen molar-refractivity contribution in [2.45, 2.75) is 33.4 Å². The molecule has 106 valence electrons. The van der Waals surface area contributed by atoms with E-state index in [0.717, 1.165) is 47.5 Å². The summed E-state index contributed by atoms with van der Waals surface area (Å²) in [5, 5.41) is 1.94. The first-order chi connectivity index (χ1) is 9.65. The van der Waals surface area contributed by atoms with Crippen LogP contribution < -0.4 is 5.73 Å². The number of aryl methyl sites for hydroxylation is 1. The van der Waals surface area contributed by atoms with E-state index >= 15 is 0 Å². The number of fused-ring (bicyclic) bond motifs is 2. The van der Waals surface area contributed by atoms with Crippen molar-refractivity contribution in [3.63, 3.8) is 0 Å². The van der Waals surface area contributed by atoms with Gasteiger partial charge in [0.05, 0.1) is 5.52 Å². The number of aromatic nitrogens is 1. The molecule has 2 aromatic rings. The van der Waals surface area contributed by atoms with Crippen LogP contribution in [0.25, 0.3) is 10.9 Å². The molecule has 4 heteroatoms. The maximum atomic E-state index is 6.23. The average molecular weight is 290 g/mol. The maximum absolute atomic E-state index is 6.23. The molecule has 3 nitrogen and oxygen atoms in total. The summed E-state index contributed by atoms with van der Waals surface area (Å²) in [5.74, 6) is 0. The molecular formula is C16H20ClN3. The van der Waals surface area contributed by atoms with Gasteiger partial charge < -0.3 is 5.73 Å². The Bertz CT molecular complexity index is 667. The van der Waals surface area contributed by atoms with Crippen molar-refractivity contribution in [2.75, 3.05) is 13.1 Å². The van der Waals surface area contributed by atoms with Gasteiger partial charge >= 0.3 is 0 Å². The minimum absolute atomic E-state index is 0.556. The average Bonchev–Trinajstić information content (AvgIpc) is 2.48. The molecule has 0 unspecified atom stereocenters. The van der Waals surface area contributed by atoms with Gasteiger partial charge in [-0.1, -0.05) is 24.6 Å². The predicted molar refractivity (Wildman–Crippen MR) is 84.0 cm³/mol. The molecule has 0 aliphatic carbocycles. The van der Waals surface area contributed by atoms with Gasteiger partial charge in [0.2, 0.25) is 0 Å². The summed E-state index contributed by atoms with van der Waals surface area (Å²) >= 11 is 6.23. The fourth-order valence-electron chi connectivity index (χ4n) is 3.07. The first kappa shape index (κ1) is 13.8. The number of rotatable bonds is 2. The largest absolute Gasteiger partial charge is 0.326 e. The third-order valence-electron chi connectivity index (χ3n) is 4.35. The van der Waals surface area contributed by atoms with E-state index < -0.39 is 0 Å². The van der Waals surface area contributed by atoms with Crippen molar-refractivity contribution in [3.05, 3.63) is 39.5 Å². The topological polar surface area (TPSA) is 42.2 Å². The molecule has 0 spiro atoms. The molecule has 20 heavy (non-hydrogen) atoms. The molecule has 0 bridgehead atoms. The van der Waals surface area contributed by atoms with Crippen molar-refractivity contribution in [2.24, 2.45) is 5.73 Å². The third kappa shape index (κ3) is 2.10. The summed E-state index contributed by atoms with van der Waals surface area (Å²) in [6, 6.07) is 4.01. The van der Waals surface area contributed by atoms with Gasteiger partial charge in [-0.3, -0.25) is 9.88 Å². The number of hydrogen-bond acceptors (Lipinski definition) is 3. The Labute approximate surface area is 124 Å². The Kier molecular flexibility index (Phi) is 3.67. The van der Waals surface area contributed by atoms with Crippen LogP contribution in [0.1, 0.15) is 29.3 Å². The van der Waals surface area contributed by atoms with E-state index in [0.29, 0.717) is 6.54 Å². The van der Waals surface area contributed by atoms with E-state index in [1.54, 1.807) is 0 Å². The minimum atomic E-state index is 0.556. The highest BCUT2D eigenvalue weighted by atomic mass is 35.5. The molecular weight excluding hydrogens is 270 g/mol. The van der Waals surface area contributed by atoms with Crippen LogP contribution in [0.2, 0.25) is 5.02 Å². The van der Waals surface area contributed by atoms with Gasteiger partial charge in [-0.15, -0.1) is 0 Å². The summed E-state index contributed by atoms with van der Waals surface area (Å²) in [5.41, 5.74) is 11.9. The highest BCUT2D eigenvalue weighted by molar-refractivity contribution is 6.32. The smallest absolute Gasteiger partial charge is 0.0752 e. The van der Waals surface area contributed by atoms with Crippen molar-refractivity contribution in [1.29, 1.82) is 0 Å². The number of nitrogens with zero attached hydrogens (tertiary/aromatic N) is 2. The maximum Gasteiger partial charge on any atom is 0.0752 e. The first-order valence-corrected chi connectivity index (χ1v) is 7.55. The Balaban J connectivity index is 2.28. The van der Waals surface area contributed by atoms with Crippen LogP contribution in [0.4, 0.5) is 0 Å². The first-order valence-electron chi connectivity index (χ1n) is 7.17. The molecule has 2 heterocycles. The summed E-state index contributed by atoms with van der Waals surface area (Å²) in [6.07, 6.45) is 0.998. The van der Waals surface area contributed by atoms with Crippen LogP contribution in [0.5, 0.6) is 0 Å². The molecule has 0 fully saturated rings. The highest BCUT2D eigenvalue weighted by Gasteiger charge is 2.21. The van der Waals surface area contributed by atoms with Gasteiger partial charge in [-0.05, 0) is 36.2 Å². The van der Waals surface area contributed by atoms with Crippen LogP contribution in [-0.4, -0.2) is 23.0 Å². The molecule has 1 aromatic heterocycles. The van der Waals surface area contributed by atoms with E-state index in [1.165, 1.54) is 16.8 Å². The van der Waals surface area contributed by atoms with E-state index in [4.69, 9.17) is 22.3 Å². The van der Waals surface area contributed by atoms with Crippen molar-refractivity contribution < 1.29 is 0 Å². The molecule has 2 N–H and O–H groups in total. The zero-order chi connectivity index (χ0) is 14.3. The molecule has 0 amide bonds. The van der Waals surface area contributed by atoms with Gasteiger partial charge in [0.25, 0.3) is 0 Å². The number of nitrogens with two attached hydrogens (primary N) is 1. The summed E-state index contributed by atoms with van der Waals surface area (Å²) < 4.78 is 0. The van der Waals surface area contributed by atoms with Crippen LogP contribution in [0.15, 0.2) is 12.1 Å². The Morgan fingerprint density at radius 1 is 1.40 bits per heavy atom. The van der Waals surface area contributed by atoms with Crippen LogP contribution in [0, 0.1) is 6.92 Å². The quantitative estimate of drug-likeness (QED) is 0.924. The Morgan fingerprint density at radius 2 is 2.20 bits per heavy atom. The van der Waals surface area contributed by atoms with E-state index in [1.807, 2.05) is 13.0 Å². The highest BCUT2D eigenvalue weighted by Crippen LogP contribution is 2.31. The van der Waals surface area contributed by atoms with Crippen LogP contribution >= 0.6 is 11.6 Å². The Morgan fingerprint density at radius 3 is 2.90 bits per heavy atom. The van der Waals surface area contributed by atoms with Gasteiger partial charge in [-0.25, -0.2) is 0 Å². The molecule has 0 atom stereocenters. The fraction of sp³-hybridized carbons (Fsp3) is 0.438. The number of pyridine rings is 1. The second kappa shape index (κ2) is 5.32. The van der Waals surface area contributed by atoms with Gasteiger partial charge in [0, 0.05) is 42.2 Å². The van der Waals surface area contributed by atoms with E-state index in [-0.39, 0.29) is 0 Å². The lowest BCUT2D eigenvalue weighted by atomic mass is 9.94. The molecule has 1 aromatic carbocycles. The number of likely N-dealkylation sites (N-methyl/N-ethyl adjacent to an activating group) is 1. The van der Waals surface area contributed by atoms with Crippen molar-refractivity contribution in [1.82, 2.24) is 9.88 Å². The molecule has 0 saturated carbocycles. The second-order valence-electron chi connectivity index (χ2n) is 5.41. The third-order valence-corrected chi connectivity index (χ3v) is 4.76. The number of halogens is 1. The molecule has 0 saturated heterocycles. The van der Waals surface area contributed by atoms with Gasteiger partial charge in [0.15, 0.2) is 0 Å². The summed E-state index contributed by atoms with van der Waals surface area (Å²) in [6.45, 7) is 7.90. The zero-order valence-corrected chi connectivity index (χ0v) is 12.8. The molecule has 3 rings (SSSR count). The molecule has 0 radical (unpaired) electrons. The number of hydrogen-bond donors (Lipinski definition) is 1. The van der Waals surface area contributed by atoms with Crippen LogP contribution in [0.3, 0.4) is 0 Å². The zero-order valence-electron chi connectivity index (χ0n) is 12.0. The second-order valence-corrected chi connectivity index (χ2v) is 5.81.